The molecule has 0 bridgehead atoms. The number of nitrogens with two attached hydrogens (primary N) is 1. The molecular weight excluding hydrogens is 460 g/mol. The van der Waals surface area contributed by atoms with Crippen molar-refractivity contribution in [3.05, 3.63) is 5.92 Å². The first-order chi connectivity index (χ1) is 17.4. The summed E-state index contributed by atoms with van der Waals surface area (Å²) in [7, 11) is 0. The third kappa shape index (κ3) is 5.86. The van der Waals surface area contributed by atoms with E-state index in [0.717, 1.165) is 44.4 Å². The molecule has 0 spiro atoms. The Hall–Kier alpha value is -2.18. The minimum Gasteiger partial charge on any atom is -0.381 e. The molecule has 4 aliphatic rings. The minimum atomic E-state index is -0.983. The maximum absolute atomic E-state index is 14.0. The third-order valence-electron chi connectivity index (χ3n) is 8.92. The monoisotopic (exact) mass is 501 g/mol. The van der Waals surface area contributed by atoms with Crippen LogP contribution < -0.4 is 11.1 Å². The number of hydrogen-bond acceptors (Lipinski definition) is 6. The molecule has 2 saturated heterocycles. The van der Waals surface area contributed by atoms with Gasteiger partial charge >= 0.3 is 0 Å². The lowest BCUT2D eigenvalue weighted by molar-refractivity contribution is -0.138. The van der Waals surface area contributed by atoms with E-state index in [-0.39, 0.29) is 23.6 Å². The molecule has 0 aromatic rings. The Labute approximate surface area is 214 Å². The molecule has 199 valence electrons. The molecule has 0 aromatic carbocycles. The molecule has 2 aliphatic carbocycles. The molecule has 2 aliphatic heterocycles. The van der Waals surface area contributed by atoms with Gasteiger partial charge in [-0.05, 0) is 38.0 Å². The summed E-state index contributed by atoms with van der Waals surface area (Å²) < 4.78 is 10.9. The zero-order valence-electron chi connectivity index (χ0n) is 21.4. The van der Waals surface area contributed by atoms with Gasteiger partial charge in [-0.1, -0.05) is 32.1 Å². The van der Waals surface area contributed by atoms with Crippen LogP contribution in [0.3, 0.4) is 0 Å². The van der Waals surface area contributed by atoms with Gasteiger partial charge in [0.05, 0.1) is 25.2 Å². The van der Waals surface area contributed by atoms with Crippen molar-refractivity contribution in [3.63, 3.8) is 0 Å². The van der Waals surface area contributed by atoms with E-state index in [4.69, 9.17) is 15.2 Å². The molecule has 4 rings (SSSR count). The van der Waals surface area contributed by atoms with Crippen LogP contribution in [-0.2, 0) is 23.9 Å². The molecule has 3 N–H and O–H groups in total. The lowest BCUT2D eigenvalue weighted by Gasteiger charge is -2.44. The van der Waals surface area contributed by atoms with Crippen molar-refractivity contribution in [2.75, 3.05) is 39.5 Å². The molecule has 1 radical (unpaired) electrons. The number of amides is 3. The summed E-state index contributed by atoms with van der Waals surface area (Å²) in [6.07, 6.45) is 8.61. The van der Waals surface area contributed by atoms with E-state index in [1.807, 2.05) is 4.90 Å². The highest BCUT2D eigenvalue weighted by Crippen LogP contribution is 2.47. The summed E-state index contributed by atoms with van der Waals surface area (Å²) in [5, 5.41) is 13.1. The van der Waals surface area contributed by atoms with Gasteiger partial charge in [-0.15, -0.1) is 0 Å². The molecule has 2 heterocycles. The number of primary amides is 1. The second-order valence-electron chi connectivity index (χ2n) is 11.1. The van der Waals surface area contributed by atoms with Crippen molar-refractivity contribution < 1.29 is 23.9 Å². The van der Waals surface area contributed by atoms with Gasteiger partial charge in [0.1, 0.15) is 5.54 Å². The van der Waals surface area contributed by atoms with Gasteiger partial charge in [0.2, 0.25) is 17.7 Å². The van der Waals surface area contributed by atoms with E-state index in [9.17, 15) is 19.6 Å². The lowest BCUT2D eigenvalue weighted by Crippen LogP contribution is -2.56. The van der Waals surface area contributed by atoms with Crippen LogP contribution in [0.4, 0.5) is 0 Å². The molecule has 2 saturated carbocycles. The summed E-state index contributed by atoms with van der Waals surface area (Å²) >= 11 is 0. The van der Waals surface area contributed by atoms with Crippen LogP contribution in [-0.4, -0.2) is 67.7 Å². The van der Waals surface area contributed by atoms with E-state index in [1.54, 1.807) is 0 Å². The van der Waals surface area contributed by atoms with Gasteiger partial charge in [-0.3, -0.25) is 14.4 Å². The minimum absolute atomic E-state index is 0.0126. The Morgan fingerprint density at radius 2 is 1.67 bits per heavy atom. The lowest BCUT2D eigenvalue weighted by atomic mass is 9.62. The van der Waals surface area contributed by atoms with Crippen molar-refractivity contribution in [3.8, 4) is 6.07 Å². The molecule has 9 nitrogen and oxygen atoms in total. The first kappa shape index (κ1) is 26.9. The van der Waals surface area contributed by atoms with Gasteiger partial charge < -0.3 is 25.4 Å². The van der Waals surface area contributed by atoms with Gasteiger partial charge in [-0.2, -0.15) is 5.26 Å². The van der Waals surface area contributed by atoms with Crippen molar-refractivity contribution in [1.29, 1.82) is 5.26 Å². The maximum atomic E-state index is 14.0. The predicted molar refractivity (Wildman–Crippen MR) is 132 cm³/mol. The standard InChI is InChI=1S/C27H41N4O5/c28-19-27(10-14-35-15-11-27)30-23(32)22(18-26(25(29)34)8-4-1-5-9-26)20-6-2-3-7-21(20)24(33)31-12-16-36-17-13-31/h20,22H,1-18H2,(H2,29,34)(H,30,32). The number of morpholine rings is 1. The van der Waals surface area contributed by atoms with Crippen LogP contribution in [0.15, 0.2) is 0 Å². The molecule has 9 heteroatoms. The molecular formula is C27H41N4O5. The fourth-order valence-electron chi connectivity index (χ4n) is 6.65. The summed E-state index contributed by atoms with van der Waals surface area (Å²) in [4.78, 5) is 42.3. The topological polar surface area (TPSA) is 135 Å². The molecule has 4 fully saturated rings. The molecule has 2 atom stereocenters. The average Bonchev–Trinajstić information content (AvgIpc) is 2.92. The van der Waals surface area contributed by atoms with Crippen molar-refractivity contribution in [2.45, 2.75) is 82.6 Å². The molecule has 36 heavy (non-hydrogen) atoms. The van der Waals surface area contributed by atoms with Crippen LogP contribution in [0.1, 0.15) is 77.0 Å². The first-order valence-electron chi connectivity index (χ1n) is 13.7. The Balaban J connectivity index is 1.63. The van der Waals surface area contributed by atoms with Gasteiger partial charge in [0.15, 0.2) is 0 Å². The second kappa shape index (κ2) is 11.9. The summed E-state index contributed by atoms with van der Waals surface area (Å²) in [5.41, 5.74) is 4.26. The van der Waals surface area contributed by atoms with E-state index in [2.05, 4.69) is 11.4 Å². The Bertz CT molecular complexity index is 838. The smallest absolute Gasteiger partial charge is 0.230 e. The second-order valence-corrected chi connectivity index (χ2v) is 11.1. The van der Waals surface area contributed by atoms with Crippen molar-refractivity contribution in [1.82, 2.24) is 10.2 Å². The van der Waals surface area contributed by atoms with Crippen LogP contribution >= 0.6 is 0 Å². The van der Waals surface area contributed by atoms with Crippen LogP contribution in [0.25, 0.3) is 0 Å². The Morgan fingerprint density at radius 1 is 1.00 bits per heavy atom. The highest BCUT2D eigenvalue weighted by atomic mass is 16.5. The van der Waals surface area contributed by atoms with Crippen LogP contribution in [0, 0.1) is 34.5 Å². The predicted octanol–water partition coefficient (Wildman–Crippen LogP) is 2.24. The van der Waals surface area contributed by atoms with Gasteiger partial charge in [0, 0.05) is 50.5 Å². The number of carbonyl (C=O) groups excluding carboxylic acids is 3. The largest absolute Gasteiger partial charge is 0.381 e. The number of hydrogen-bond donors (Lipinski definition) is 2. The Morgan fingerprint density at radius 3 is 2.31 bits per heavy atom. The molecule has 2 unspecified atom stereocenters. The summed E-state index contributed by atoms with van der Waals surface area (Å²) in [6.45, 7) is 2.97. The normalized spacial score (nSPS) is 27.4. The SMILES string of the molecule is N#CC1(NC(=O)C(CC2(C(N)=O)CCCCC2)C2CCCC[C]2C(=O)N2CCOCC2)CCOCC1. The van der Waals surface area contributed by atoms with E-state index in [1.165, 1.54) is 0 Å². The average molecular weight is 502 g/mol. The first-order valence-corrected chi connectivity index (χ1v) is 13.7. The maximum Gasteiger partial charge on any atom is 0.230 e. The van der Waals surface area contributed by atoms with E-state index < -0.39 is 16.9 Å². The van der Waals surface area contributed by atoms with E-state index in [0.29, 0.717) is 78.0 Å². The number of nitrogens with one attached hydrogen (secondary N) is 1. The zero-order valence-corrected chi connectivity index (χ0v) is 21.4. The highest BCUT2D eigenvalue weighted by Gasteiger charge is 2.49. The fraction of sp³-hybridized carbons (Fsp3) is 0.815. The van der Waals surface area contributed by atoms with Crippen molar-refractivity contribution >= 4 is 17.7 Å². The number of ether oxygens (including phenoxy) is 2. The fourth-order valence-corrected chi connectivity index (χ4v) is 6.65. The van der Waals surface area contributed by atoms with Crippen LogP contribution in [0.5, 0.6) is 0 Å². The third-order valence-corrected chi connectivity index (χ3v) is 8.92. The number of carbonyl (C=O) groups is 3. The number of nitrogens with zero attached hydrogens (tertiary/aromatic N) is 2. The molecule has 0 aromatic heterocycles. The van der Waals surface area contributed by atoms with Crippen molar-refractivity contribution in [2.24, 2.45) is 23.0 Å². The zero-order chi connectivity index (χ0) is 25.6. The van der Waals surface area contributed by atoms with Gasteiger partial charge in [-0.25, -0.2) is 0 Å². The highest BCUT2D eigenvalue weighted by molar-refractivity contribution is 5.92. The quantitative estimate of drug-likeness (QED) is 0.549. The summed E-state index contributed by atoms with van der Waals surface area (Å²) in [5.74, 6) is -0.621. The number of nitriles is 1. The van der Waals surface area contributed by atoms with Gasteiger partial charge in [0.25, 0.3) is 0 Å². The van der Waals surface area contributed by atoms with Crippen LogP contribution in [0.2, 0.25) is 0 Å². The number of rotatable bonds is 7. The Kier molecular flexibility index (Phi) is 8.89. The molecule has 3 amide bonds. The summed E-state index contributed by atoms with van der Waals surface area (Å²) in [6, 6.07) is 2.33. The van der Waals surface area contributed by atoms with E-state index >= 15 is 0 Å².